The first-order valence-corrected chi connectivity index (χ1v) is 12.6. The maximum absolute atomic E-state index is 5.86. The first kappa shape index (κ1) is 19.3. The van der Waals surface area contributed by atoms with Crippen LogP contribution in [0.15, 0.2) is 97.1 Å². The molecule has 0 unspecified atom stereocenters. The van der Waals surface area contributed by atoms with E-state index >= 15 is 0 Å². The van der Waals surface area contributed by atoms with Crippen LogP contribution >= 0.6 is 0 Å². The predicted octanol–water partition coefficient (Wildman–Crippen LogP) is 4.09. The fourth-order valence-corrected chi connectivity index (χ4v) is 6.23. The van der Waals surface area contributed by atoms with Gasteiger partial charge in [-0.05, 0) is 0 Å². The fraction of sp³-hybridized carbons (Fsp3) is 0. The van der Waals surface area contributed by atoms with E-state index in [0.29, 0.717) is 11.4 Å². The summed E-state index contributed by atoms with van der Waals surface area (Å²) in [6.07, 6.45) is 0. The standard InChI is InChI=1S/2C12H10NO.Bi/c2*13-10-5-4-8-12(9-10)14-11-6-2-1-3-7-11;/h2*2-9H,13H2;. The van der Waals surface area contributed by atoms with Crippen LogP contribution in [0.2, 0.25) is 0 Å². The Bertz CT molecular complexity index is 1010. The molecule has 4 N–H and O–H groups in total. The van der Waals surface area contributed by atoms with Gasteiger partial charge in [0.15, 0.2) is 0 Å². The normalized spacial score (nSPS) is 10.5. The monoisotopic (exact) mass is 577 g/mol. The van der Waals surface area contributed by atoms with E-state index in [9.17, 15) is 0 Å². The summed E-state index contributed by atoms with van der Waals surface area (Å²) in [5.74, 6) is 3.11. The number of anilines is 2. The van der Waals surface area contributed by atoms with E-state index in [1.54, 1.807) is 0 Å². The third kappa shape index (κ3) is 5.49. The zero-order chi connectivity index (χ0) is 20.1. The third-order valence-electron chi connectivity index (χ3n) is 4.12. The molecule has 4 rings (SSSR count). The Morgan fingerprint density at radius 3 is 1.28 bits per heavy atom. The van der Waals surface area contributed by atoms with Crippen molar-refractivity contribution in [2.75, 3.05) is 11.5 Å². The van der Waals surface area contributed by atoms with Gasteiger partial charge in [0.05, 0.1) is 0 Å². The van der Waals surface area contributed by atoms with Gasteiger partial charge in [-0.3, -0.25) is 0 Å². The molecule has 1 radical (unpaired) electrons. The van der Waals surface area contributed by atoms with Gasteiger partial charge < -0.3 is 0 Å². The number of nitrogen functional groups attached to an aromatic ring is 2. The van der Waals surface area contributed by atoms with Crippen molar-refractivity contribution in [1.82, 2.24) is 0 Å². The Morgan fingerprint density at radius 2 is 0.897 bits per heavy atom. The van der Waals surface area contributed by atoms with Crippen molar-refractivity contribution in [2.24, 2.45) is 0 Å². The van der Waals surface area contributed by atoms with Crippen molar-refractivity contribution in [1.29, 1.82) is 0 Å². The minimum atomic E-state index is -0.991. The molecule has 0 aliphatic carbocycles. The minimum absolute atomic E-state index is 0.692. The number of ether oxygens (including phenoxy) is 2. The summed E-state index contributed by atoms with van der Waals surface area (Å²) >= 11 is -0.991. The van der Waals surface area contributed by atoms with Crippen LogP contribution in [0, 0.1) is 0 Å². The first-order chi connectivity index (χ1) is 14.1. The van der Waals surface area contributed by atoms with Gasteiger partial charge in [0, 0.05) is 0 Å². The Balaban J connectivity index is 1.37. The van der Waals surface area contributed by atoms with Crippen LogP contribution < -0.4 is 27.5 Å². The molecule has 0 aliphatic heterocycles. The molecule has 0 spiro atoms. The number of nitrogens with two attached hydrogens (primary N) is 2. The molecule has 0 aromatic heterocycles. The quantitative estimate of drug-likeness (QED) is 0.268. The molecule has 0 amide bonds. The summed E-state index contributed by atoms with van der Waals surface area (Å²) in [7, 11) is 0. The predicted molar refractivity (Wildman–Crippen MR) is 120 cm³/mol. The summed E-state index contributed by atoms with van der Waals surface area (Å²) < 4.78 is 14.5. The average molecular weight is 577 g/mol. The Morgan fingerprint density at radius 1 is 0.483 bits per heavy atom. The van der Waals surface area contributed by atoms with Gasteiger partial charge in [-0.25, -0.2) is 0 Å². The molecule has 0 saturated carbocycles. The summed E-state index contributed by atoms with van der Waals surface area (Å²) in [6.45, 7) is 0. The van der Waals surface area contributed by atoms with Crippen LogP contribution in [0.25, 0.3) is 0 Å². The van der Waals surface area contributed by atoms with Crippen LogP contribution in [0.1, 0.15) is 0 Å². The van der Waals surface area contributed by atoms with Crippen molar-refractivity contribution in [2.45, 2.75) is 0 Å². The van der Waals surface area contributed by atoms with Crippen molar-refractivity contribution >= 4 is 41.2 Å². The number of benzene rings is 4. The number of hydrogen-bond donors (Lipinski definition) is 2. The molecule has 0 aliphatic rings. The zero-order valence-corrected chi connectivity index (χ0v) is 19.1. The molecule has 143 valence electrons. The van der Waals surface area contributed by atoms with Gasteiger partial charge in [0.25, 0.3) is 0 Å². The Kier molecular flexibility index (Phi) is 5.97. The van der Waals surface area contributed by atoms with Crippen molar-refractivity contribution in [3.63, 3.8) is 0 Å². The zero-order valence-electron chi connectivity index (χ0n) is 15.7. The molecule has 4 aromatic rings. The van der Waals surface area contributed by atoms with Gasteiger partial charge in [0.2, 0.25) is 0 Å². The topological polar surface area (TPSA) is 70.5 Å². The van der Waals surface area contributed by atoms with Gasteiger partial charge >= 0.3 is 182 Å². The van der Waals surface area contributed by atoms with E-state index in [2.05, 4.69) is 24.3 Å². The van der Waals surface area contributed by atoms with Crippen LogP contribution in [0.5, 0.6) is 23.0 Å². The third-order valence-corrected chi connectivity index (χ3v) is 8.44. The van der Waals surface area contributed by atoms with Crippen molar-refractivity contribution in [3.05, 3.63) is 97.1 Å². The summed E-state index contributed by atoms with van der Waals surface area (Å²) in [6, 6.07) is 31.5. The van der Waals surface area contributed by atoms with Crippen LogP contribution in [0.4, 0.5) is 11.4 Å². The second-order valence-electron chi connectivity index (χ2n) is 6.45. The SMILES string of the molecule is Nc1cccc(Oc2cc[c]([Bi][c]3ccc(Oc4cccc(N)c4)cc3)cc2)c1. The van der Waals surface area contributed by atoms with Crippen molar-refractivity contribution < 1.29 is 9.47 Å². The van der Waals surface area contributed by atoms with Gasteiger partial charge in [-0.15, -0.1) is 0 Å². The molecule has 0 atom stereocenters. The summed E-state index contributed by atoms with van der Waals surface area (Å²) in [4.78, 5) is 0. The molecule has 0 fully saturated rings. The molecule has 4 aromatic carbocycles. The fourth-order valence-electron chi connectivity index (χ4n) is 2.75. The molecule has 5 heteroatoms. The van der Waals surface area contributed by atoms with Crippen LogP contribution in [0.3, 0.4) is 0 Å². The van der Waals surface area contributed by atoms with E-state index in [1.165, 1.54) is 6.54 Å². The summed E-state index contributed by atoms with van der Waals surface area (Å²) in [5.41, 5.74) is 13.0. The van der Waals surface area contributed by atoms with Crippen LogP contribution in [-0.4, -0.2) is 23.2 Å². The Hall–Kier alpha value is -3.04. The Labute approximate surface area is 181 Å². The second kappa shape index (κ2) is 8.98. The van der Waals surface area contributed by atoms with E-state index in [4.69, 9.17) is 20.9 Å². The molecular weight excluding hydrogens is 557 g/mol. The van der Waals surface area contributed by atoms with E-state index in [-0.39, 0.29) is 0 Å². The summed E-state index contributed by atoms with van der Waals surface area (Å²) in [5, 5.41) is 0. The van der Waals surface area contributed by atoms with Crippen LogP contribution in [-0.2, 0) is 0 Å². The van der Waals surface area contributed by atoms with Gasteiger partial charge in [-0.2, -0.15) is 0 Å². The van der Waals surface area contributed by atoms with Gasteiger partial charge in [0.1, 0.15) is 0 Å². The molecule has 29 heavy (non-hydrogen) atoms. The molecule has 0 saturated heterocycles. The molecular formula is C24H20BiN2O2. The molecule has 4 nitrogen and oxygen atoms in total. The number of hydrogen-bond acceptors (Lipinski definition) is 4. The second-order valence-corrected chi connectivity index (χ2v) is 11.3. The number of rotatable bonds is 6. The van der Waals surface area contributed by atoms with E-state index in [0.717, 1.165) is 23.0 Å². The molecule has 0 heterocycles. The van der Waals surface area contributed by atoms with Gasteiger partial charge in [-0.1, -0.05) is 0 Å². The average Bonchev–Trinajstić information content (AvgIpc) is 2.71. The van der Waals surface area contributed by atoms with E-state index < -0.39 is 23.2 Å². The van der Waals surface area contributed by atoms with E-state index in [1.807, 2.05) is 72.8 Å². The molecule has 0 bridgehead atoms. The first-order valence-electron chi connectivity index (χ1n) is 9.13. The maximum atomic E-state index is 5.86. The van der Waals surface area contributed by atoms with Crippen molar-refractivity contribution in [3.8, 4) is 23.0 Å².